The van der Waals surface area contributed by atoms with Crippen molar-refractivity contribution >= 4 is 5.91 Å². The van der Waals surface area contributed by atoms with Crippen molar-refractivity contribution < 1.29 is 9.53 Å². The second-order valence-corrected chi connectivity index (χ2v) is 5.07. The first kappa shape index (κ1) is 12.9. The van der Waals surface area contributed by atoms with E-state index >= 15 is 0 Å². The van der Waals surface area contributed by atoms with E-state index < -0.39 is 5.91 Å². The maximum absolute atomic E-state index is 11.3. The Hall–Kier alpha value is -1.55. The molecule has 1 aliphatic rings. The Labute approximate surface area is 107 Å². The molecule has 1 aromatic rings. The summed E-state index contributed by atoms with van der Waals surface area (Å²) in [6, 6.07) is 7.02. The van der Waals surface area contributed by atoms with Crippen molar-refractivity contribution in [2.75, 3.05) is 6.61 Å². The Morgan fingerprint density at radius 1 is 1.22 bits per heavy atom. The Morgan fingerprint density at radius 3 is 2.56 bits per heavy atom. The third kappa shape index (κ3) is 3.01. The van der Waals surface area contributed by atoms with Crippen LogP contribution in [0.3, 0.4) is 0 Å². The molecule has 0 aromatic heterocycles. The molecular weight excluding hydrogens is 228 g/mol. The summed E-state index contributed by atoms with van der Waals surface area (Å²) in [7, 11) is 0. The van der Waals surface area contributed by atoms with E-state index in [0.717, 1.165) is 25.7 Å². The van der Waals surface area contributed by atoms with Crippen molar-refractivity contribution in [3.8, 4) is 5.75 Å². The third-order valence-electron chi connectivity index (χ3n) is 3.52. The SMILES string of the molecule is NC(=O)c1ccccc1OCC1(N)CCCCC1. The minimum absolute atomic E-state index is 0.261. The summed E-state index contributed by atoms with van der Waals surface area (Å²) in [4.78, 5) is 11.3. The average Bonchev–Trinajstić information content (AvgIpc) is 2.38. The molecule has 18 heavy (non-hydrogen) atoms. The molecule has 1 aromatic carbocycles. The van der Waals surface area contributed by atoms with Crippen LogP contribution in [-0.2, 0) is 0 Å². The molecule has 2 rings (SSSR count). The van der Waals surface area contributed by atoms with Crippen LogP contribution in [0.5, 0.6) is 5.75 Å². The van der Waals surface area contributed by atoms with Gasteiger partial charge in [0.25, 0.3) is 5.91 Å². The summed E-state index contributed by atoms with van der Waals surface area (Å²) in [6.45, 7) is 0.442. The van der Waals surface area contributed by atoms with Gasteiger partial charge in [-0.3, -0.25) is 4.79 Å². The molecule has 0 atom stereocenters. The molecule has 98 valence electrons. The smallest absolute Gasteiger partial charge is 0.252 e. The summed E-state index contributed by atoms with van der Waals surface area (Å²) in [6.07, 6.45) is 5.50. The van der Waals surface area contributed by atoms with Gasteiger partial charge in [-0.1, -0.05) is 31.4 Å². The minimum atomic E-state index is -0.472. The molecule has 4 heteroatoms. The standard InChI is InChI=1S/C14H20N2O2/c15-13(17)11-6-2-3-7-12(11)18-10-14(16)8-4-1-5-9-14/h2-3,6-7H,1,4-5,8-10,16H2,(H2,15,17). The molecule has 0 bridgehead atoms. The fourth-order valence-corrected chi connectivity index (χ4v) is 2.42. The fraction of sp³-hybridized carbons (Fsp3) is 0.500. The predicted octanol–water partition coefficient (Wildman–Crippen LogP) is 1.83. The molecule has 0 unspecified atom stereocenters. The summed E-state index contributed by atoms with van der Waals surface area (Å²) >= 11 is 0. The maximum Gasteiger partial charge on any atom is 0.252 e. The van der Waals surface area contributed by atoms with Crippen molar-refractivity contribution in [3.63, 3.8) is 0 Å². The number of nitrogens with two attached hydrogens (primary N) is 2. The lowest BCUT2D eigenvalue weighted by Gasteiger charge is -2.33. The van der Waals surface area contributed by atoms with Crippen LogP contribution in [0.25, 0.3) is 0 Å². The monoisotopic (exact) mass is 248 g/mol. The fourth-order valence-electron chi connectivity index (χ4n) is 2.42. The van der Waals surface area contributed by atoms with Crippen LogP contribution in [-0.4, -0.2) is 18.1 Å². The lowest BCUT2D eigenvalue weighted by molar-refractivity contribution is 0.0992. The van der Waals surface area contributed by atoms with Gasteiger partial charge in [0.2, 0.25) is 0 Å². The van der Waals surface area contributed by atoms with E-state index in [0.29, 0.717) is 17.9 Å². The number of para-hydroxylation sites is 1. The van der Waals surface area contributed by atoms with Crippen molar-refractivity contribution in [2.24, 2.45) is 11.5 Å². The van der Waals surface area contributed by atoms with Crippen LogP contribution in [0.1, 0.15) is 42.5 Å². The minimum Gasteiger partial charge on any atom is -0.491 e. The van der Waals surface area contributed by atoms with Gasteiger partial charge in [-0.15, -0.1) is 0 Å². The van der Waals surface area contributed by atoms with Gasteiger partial charge in [0.1, 0.15) is 12.4 Å². The van der Waals surface area contributed by atoms with Crippen molar-refractivity contribution in [2.45, 2.75) is 37.6 Å². The van der Waals surface area contributed by atoms with E-state index in [1.807, 2.05) is 6.07 Å². The van der Waals surface area contributed by atoms with Gasteiger partial charge in [0.15, 0.2) is 0 Å². The number of benzene rings is 1. The Bertz CT molecular complexity index is 426. The largest absolute Gasteiger partial charge is 0.491 e. The Balaban J connectivity index is 2.03. The second-order valence-electron chi connectivity index (χ2n) is 5.07. The molecule has 0 aliphatic heterocycles. The van der Waals surface area contributed by atoms with Gasteiger partial charge in [-0.25, -0.2) is 0 Å². The number of hydrogen-bond acceptors (Lipinski definition) is 3. The molecule has 0 spiro atoms. The first-order valence-corrected chi connectivity index (χ1v) is 6.41. The van der Waals surface area contributed by atoms with Crippen molar-refractivity contribution in [1.29, 1.82) is 0 Å². The maximum atomic E-state index is 11.3. The number of ether oxygens (including phenoxy) is 1. The molecule has 1 amide bonds. The van der Waals surface area contributed by atoms with Gasteiger partial charge in [-0.05, 0) is 25.0 Å². The van der Waals surface area contributed by atoms with Crippen molar-refractivity contribution in [3.05, 3.63) is 29.8 Å². The van der Waals surface area contributed by atoms with E-state index in [2.05, 4.69) is 0 Å². The summed E-state index contributed by atoms with van der Waals surface area (Å²) in [5.41, 5.74) is 11.8. The van der Waals surface area contributed by atoms with Crippen LogP contribution in [0.4, 0.5) is 0 Å². The Kier molecular flexibility index (Phi) is 3.87. The quantitative estimate of drug-likeness (QED) is 0.853. The van der Waals surface area contributed by atoms with Gasteiger partial charge in [-0.2, -0.15) is 0 Å². The average molecular weight is 248 g/mol. The van der Waals surface area contributed by atoms with Crippen LogP contribution in [0, 0.1) is 0 Å². The zero-order chi connectivity index (χ0) is 13.0. The number of carbonyl (C=O) groups is 1. The highest BCUT2D eigenvalue weighted by atomic mass is 16.5. The third-order valence-corrected chi connectivity index (χ3v) is 3.52. The molecule has 0 saturated heterocycles. The normalized spacial score (nSPS) is 18.3. The number of primary amides is 1. The first-order valence-electron chi connectivity index (χ1n) is 6.41. The zero-order valence-corrected chi connectivity index (χ0v) is 10.5. The zero-order valence-electron chi connectivity index (χ0n) is 10.5. The van der Waals surface area contributed by atoms with Gasteiger partial charge in [0, 0.05) is 0 Å². The molecular formula is C14H20N2O2. The summed E-state index contributed by atoms with van der Waals surface area (Å²) in [5, 5.41) is 0. The van der Waals surface area contributed by atoms with E-state index in [1.54, 1.807) is 18.2 Å². The van der Waals surface area contributed by atoms with Gasteiger partial charge < -0.3 is 16.2 Å². The number of carbonyl (C=O) groups excluding carboxylic acids is 1. The summed E-state index contributed by atoms with van der Waals surface area (Å²) < 4.78 is 5.72. The van der Waals surface area contributed by atoms with Crippen LogP contribution in [0.15, 0.2) is 24.3 Å². The van der Waals surface area contributed by atoms with Crippen LogP contribution >= 0.6 is 0 Å². The van der Waals surface area contributed by atoms with E-state index in [4.69, 9.17) is 16.2 Å². The molecule has 4 N–H and O–H groups in total. The predicted molar refractivity (Wildman–Crippen MR) is 70.5 cm³/mol. The van der Waals surface area contributed by atoms with E-state index in [-0.39, 0.29) is 5.54 Å². The molecule has 0 heterocycles. The molecule has 0 radical (unpaired) electrons. The van der Waals surface area contributed by atoms with Crippen molar-refractivity contribution in [1.82, 2.24) is 0 Å². The van der Waals surface area contributed by atoms with Crippen LogP contribution < -0.4 is 16.2 Å². The van der Waals surface area contributed by atoms with Gasteiger partial charge >= 0.3 is 0 Å². The molecule has 1 fully saturated rings. The Morgan fingerprint density at radius 2 is 1.89 bits per heavy atom. The number of hydrogen-bond donors (Lipinski definition) is 2. The second kappa shape index (κ2) is 5.40. The molecule has 4 nitrogen and oxygen atoms in total. The van der Waals surface area contributed by atoms with Crippen LogP contribution in [0.2, 0.25) is 0 Å². The number of rotatable bonds is 4. The van der Waals surface area contributed by atoms with E-state index in [1.165, 1.54) is 6.42 Å². The number of amides is 1. The van der Waals surface area contributed by atoms with E-state index in [9.17, 15) is 4.79 Å². The highest BCUT2D eigenvalue weighted by molar-refractivity contribution is 5.95. The lowest BCUT2D eigenvalue weighted by Crippen LogP contribution is -2.47. The summed E-state index contributed by atoms with van der Waals surface area (Å²) in [5.74, 6) is 0.0562. The topological polar surface area (TPSA) is 78.3 Å². The molecule has 1 saturated carbocycles. The molecule has 1 aliphatic carbocycles. The lowest BCUT2D eigenvalue weighted by atomic mass is 9.83. The highest BCUT2D eigenvalue weighted by Gasteiger charge is 2.28. The van der Waals surface area contributed by atoms with Gasteiger partial charge in [0.05, 0.1) is 11.1 Å². The highest BCUT2D eigenvalue weighted by Crippen LogP contribution is 2.27. The first-order chi connectivity index (χ1) is 8.61.